The number of aryl methyl sites for hydroxylation is 1. The van der Waals surface area contributed by atoms with Gasteiger partial charge in [0.25, 0.3) is 5.56 Å². The van der Waals surface area contributed by atoms with Gasteiger partial charge in [0.05, 0.1) is 23.4 Å². The van der Waals surface area contributed by atoms with E-state index in [0.717, 1.165) is 39.1 Å². The first-order chi connectivity index (χ1) is 16.1. The highest BCUT2D eigenvalue weighted by Crippen LogP contribution is 2.42. The van der Waals surface area contributed by atoms with E-state index in [9.17, 15) is 4.79 Å². The fourth-order valence-corrected chi connectivity index (χ4v) is 6.90. The van der Waals surface area contributed by atoms with Gasteiger partial charge in [-0.3, -0.25) is 9.36 Å². The van der Waals surface area contributed by atoms with Gasteiger partial charge in [-0.25, -0.2) is 4.99 Å². The Labute approximate surface area is 207 Å². The second-order valence-corrected chi connectivity index (χ2v) is 10.9. The SMILES string of the molecule is COc1ccc(Br)cc1/C=c1\sc2n(c1=O)C(c1cccs1)C1=C(N=2)c2ccccc2CC1. The van der Waals surface area contributed by atoms with Gasteiger partial charge in [-0.15, -0.1) is 11.3 Å². The van der Waals surface area contributed by atoms with Crippen molar-refractivity contribution in [2.24, 2.45) is 4.99 Å². The van der Waals surface area contributed by atoms with Crippen molar-refractivity contribution < 1.29 is 4.74 Å². The lowest BCUT2D eigenvalue weighted by atomic mass is 9.85. The molecule has 2 aliphatic rings. The highest BCUT2D eigenvalue weighted by atomic mass is 79.9. The van der Waals surface area contributed by atoms with Crippen LogP contribution >= 0.6 is 38.6 Å². The normalized spacial score (nSPS) is 17.3. The number of ether oxygens (including phenoxy) is 1. The van der Waals surface area contributed by atoms with Gasteiger partial charge in [0.15, 0.2) is 4.80 Å². The lowest BCUT2D eigenvalue weighted by Gasteiger charge is -2.30. The van der Waals surface area contributed by atoms with Crippen LogP contribution in [0.2, 0.25) is 0 Å². The number of allylic oxidation sites excluding steroid dienone is 1. The maximum atomic E-state index is 13.7. The minimum atomic E-state index is -0.115. The van der Waals surface area contributed by atoms with Crippen LogP contribution < -0.4 is 19.6 Å². The number of fused-ring (bicyclic) bond motifs is 3. The molecular formula is C26H19BrN2O2S2. The number of halogens is 1. The van der Waals surface area contributed by atoms with Crippen LogP contribution in [0.4, 0.5) is 0 Å². The summed E-state index contributed by atoms with van der Waals surface area (Å²) in [4.78, 5) is 20.7. The van der Waals surface area contributed by atoms with Crippen LogP contribution in [-0.2, 0) is 6.42 Å². The first-order valence-corrected chi connectivity index (χ1v) is 13.1. The maximum Gasteiger partial charge on any atom is 0.271 e. The molecule has 0 saturated carbocycles. The molecule has 33 heavy (non-hydrogen) atoms. The average molecular weight is 535 g/mol. The number of thiophene rings is 1. The maximum absolute atomic E-state index is 13.7. The summed E-state index contributed by atoms with van der Waals surface area (Å²) in [5.41, 5.74) is 5.62. The molecule has 0 fully saturated rings. The van der Waals surface area contributed by atoms with Gasteiger partial charge >= 0.3 is 0 Å². The zero-order valence-corrected chi connectivity index (χ0v) is 21.0. The smallest absolute Gasteiger partial charge is 0.271 e. The molecule has 0 saturated heterocycles. The highest BCUT2D eigenvalue weighted by molar-refractivity contribution is 9.10. The first-order valence-electron chi connectivity index (χ1n) is 10.6. The van der Waals surface area contributed by atoms with E-state index < -0.39 is 0 Å². The van der Waals surface area contributed by atoms with Crippen LogP contribution in [0.15, 0.2) is 79.8 Å². The predicted molar refractivity (Wildman–Crippen MR) is 138 cm³/mol. The fraction of sp³-hybridized carbons (Fsp3) is 0.154. The number of hydrogen-bond acceptors (Lipinski definition) is 5. The standard InChI is InChI=1S/C26H19BrN2O2S2/c1-31-20-11-9-17(27)13-16(20)14-22-25(30)29-24(21-7-4-12-32-21)19-10-8-15-5-2-3-6-18(15)23(19)28-26(29)33-22/h2-7,9,11-14,24H,8,10H2,1H3/b22-14-. The van der Waals surface area contributed by atoms with Crippen LogP contribution in [0.25, 0.3) is 11.8 Å². The molecule has 0 N–H and O–H groups in total. The van der Waals surface area contributed by atoms with E-state index in [4.69, 9.17) is 9.73 Å². The minimum absolute atomic E-state index is 0.00964. The number of rotatable bonds is 3. The molecule has 1 aliphatic heterocycles. The lowest BCUT2D eigenvalue weighted by molar-refractivity contribution is 0.413. The number of thiazole rings is 1. The van der Waals surface area contributed by atoms with Crippen molar-refractivity contribution in [1.29, 1.82) is 0 Å². The largest absolute Gasteiger partial charge is 0.496 e. The van der Waals surface area contributed by atoms with E-state index in [2.05, 4.69) is 57.7 Å². The molecule has 0 bridgehead atoms. The molecule has 2 aromatic carbocycles. The van der Waals surface area contributed by atoms with Crippen molar-refractivity contribution in [3.63, 3.8) is 0 Å². The summed E-state index contributed by atoms with van der Waals surface area (Å²) in [7, 11) is 1.64. The summed E-state index contributed by atoms with van der Waals surface area (Å²) in [5, 5.41) is 2.08. The molecule has 2 aromatic heterocycles. The van der Waals surface area contributed by atoms with Crippen molar-refractivity contribution in [2.75, 3.05) is 7.11 Å². The Bertz CT molecular complexity index is 1600. The van der Waals surface area contributed by atoms with E-state index in [1.807, 2.05) is 28.8 Å². The van der Waals surface area contributed by atoms with Crippen molar-refractivity contribution in [3.05, 3.63) is 111 Å². The Hall–Kier alpha value is -2.74. The van der Waals surface area contributed by atoms with Crippen LogP contribution in [-0.4, -0.2) is 11.7 Å². The molecular weight excluding hydrogens is 516 g/mol. The van der Waals surface area contributed by atoms with Gasteiger partial charge in [-0.05, 0) is 59.7 Å². The van der Waals surface area contributed by atoms with Gasteiger partial charge < -0.3 is 4.74 Å². The summed E-state index contributed by atoms with van der Waals surface area (Å²) >= 11 is 6.66. The van der Waals surface area contributed by atoms with Gasteiger partial charge in [0.2, 0.25) is 0 Å². The summed E-state index contributed by atoms with van der Waals surface area (Å²) in [5.74, 6) is 0.729. The Kier molecular flexibility index (Phi) is 5.20. The van der Waals surface area contributed by atoms with Gasteiger partial charge in [0.1, 0.15) is 5.75 Å². The Morgan fingerprint density at radius 1 is 1.15 bits per heavy atom. The van der Waals surface area contributed by atoms with Crippen molar-refractivity contribution >= 4 is 50.4 Å². The third kappa shape index (κ3) is 3.46. The van der Waals surface area contributed by atoms with E-state index in [-0.39, 0.29) is 11.6 Å². The summed E-state index contributed by atoms with van der Waals surface area (Å²) < 4.78 is 9.00. The number of benzene rings is 2. The molecule has 1 unspecified atom stereocenters. The third-order valence-electron chi connectivity index (χ3n) is 6.16. The molecule has 3 heterocycles. The molecule has 4 aromatic rings. The topological polar surface area (TPSA) is 43.6 Å². The van der Waals surface area contributed by atoms with Crippen LogP contribution in [0.5, 0.6) is 5.75 Å². The third-order valence-corrected chi connectivity index (χ3v) is 8.56. The molecule has 0 spiro atoms. The average Bonchev–Trinajstić information content (AvgIpc) is 3.47. The quantitative estimate of drug-likeness (QED) is 0.364. The molecule has 164 valence electrons. The summed E-state index contributed by atoms with van der Waals surface area (Å²) in [6.45, 7) is 0. The second kappa shape index (κ2) is 8.24. The molecule has 1 aliphatic carbocycles. The monoisotopic (exact) mass is 534 g/mol. The summed E-state index contributed by atoms with van der Waals surface area (Å²) in [6.07, 6.45) is 3.78. The molecule has 7 heteroatoms. The second-order valence-electron chi connectivity index (χ2n) is 8.02. The predicted octanol–water partition coefficient (Wildman–Crippen LogP) is 5.15. The number of hydrogen-bond donors (Lipinski definition) is 0. The lowest BCUT2D eigenvalue weighted by Crippen LogP contribution is -2.38. The number of aromatic nitrogens is 1. The zero-order chi connectivity index (χ0) is 22.5. The molecule has 6 rings (SSSR count). The van der Waals surface area contributed by atoms with Gasteiger partial charge in [-0.1, -0.05) is 57.6 Å². The van der Waals surface area contributed by atoms with Gasteiger partial charge in [-0.2, -0.15) is 0 Å². The van der Waals surface area contributed by atoms with E-state index >= 15 is 0 Å². The van der Waals surface area contributed by atoms with E-state index in [1.54, 1.807) is 18.4 Å². The molecule has 1 atom stereocenters. The number of methoxy groups -OCH3 is 1. The minimum Gasteiger partial charge on any atom is -0.496 e. The van der Waals surface area contributed by atoms with Crippen molar-refractivity contribution in [1.82, 2.24) is 4.57 Å². The Morgan fingerprint density at radius 2 is 2.03 bits per heavy atom. The van der Waals surface area contributed by atoms with E-state index in [1.165, 1.54) is 32.9 Å². The van der Waals surface area contributed by atoms with Crippen LogP contribution in [0, 0.1) is 0 Å². The molecule has 0 amide bonds. The Morgan fingerprint density at radius 3 is 2.85 bits per heavy atom. The van der Waals surface area contributed by atoms with Crippen molar-refractivity contribution in [2.45, 2.75) is 18.9 Å². The summed E-state index contributed by atoms with van der Waals surface area (Å²) in [6, 6.07) is 18.4. The van der Waals surface area contributed by atoms with Gasteiger partial charge in [0, 0.05) is 20.5 Å². The highest BCUT2D eigenvalue weighted by Gasteiger charge is 2.33. The molecule has 4 nitrogen and oxygen atoms in total. The number of nitrogens with zero attached hydrogens (tertiary/aromatic N) is 2. The van der Waals surface area contributed by atoms with Crippen LogP contribution in [0.1, 0.15) is 34.0 Å². The first kappa shape index (κ1) is 20.8. The fourth-order valence-electron chi connectivity index (χ4n) is 4.68. The van der Waals surface area contributed by atoms with E-state index in [0.29, 0.717) is 4.53 Å². The molecule has 0 radical (unpaired) electrons. The van der Waals surface area contributed by atoms with Crippen molar-refractivity contribution in [3.8, 4) is 5.75 Å². The Balaban J connectivity index is 1.62. The zero-order valence-electron chi connectivity index (χ0n) is 17.7. The van der Waals surface area contributed by atoms with Crippen LogP contribution in [0.3, 0.4) is 0 Å².